The minimum atomic E-state index is -0.116. The maximum atomic E-state index is 13.8. The van der Waals surface area contributed by atoms with Crippen molar-refractivity contribution in [1.29, 1.82) is 0 Å². The molecule has 1 amide bonds. The first-order chi connectivity index (χ1) is 16.4. The van der Waals surface area contributed by atoms with Crippen LogP contribution in [0, 0.1) is 0 Å². The molecule has 8 heteroatoms. The Morgan fingerprint density at radius 3 is 2.29 bits per heavy atom. The van der Waals surface area contributed by atoms with Gasteiger partial charge in [-0.05, 0) is 57.6 Å². The van der Waals surface area contributed by atoms with Gasteiger partial charge in [0.05, 0.1) is 26.9 Å². The summed E-state index contributed by atoms with van der Waals surface area (Å²) in [4.78, 5) is 17.8. The van der Waals surface area contributed by atoms with E-state index in [2.05, 4.69) is 19.0 Å². The predicted octanol–water partition coefficient (Wildman–Crippen LogP) is 3.56. The summed E-state index contributed by atoms with van der Waals surface area (Å²) in [7, 11) is 8.69. The van der Waals surface area contributed by atoms with Gasteiger partial charge in [-0.1, -0.05) is 18.6 Å². The van der Waals surface area contributed by atoms with E-state index in [0.29, 0.717) is 60.0 Å². The van der Waals surface area contributed by atoms with Crippen LogP contribution in [0.2, 0.25) is 0 Å². The van der Waals surface area contributed by atoms with Gasteiger partial charge >= 0.3 is 0 Å². The van der Waals surface area contributed by atoms with E-state index in [4.69, 9.17) is 24.7 Å². The number of carbonyl (C=O) groups excluding carboxylic acids is 1. The number of likely N-dealkylation sites (N-methyl/N-ethyl adjacent to an activating group) is 1. The van der Waals surface area contributed by atoms with Gasteiger partial charge in [-0.2, -0.15) is 0 Å². The molecule has 0 unspecified atom stereocenters. The van der Waals surface area contributed by atoms with Gasteiger partial charge in [-0.15, -0.1) is 0 Å². The lowest BCUT2D eigenvalue weighted by atomic mass is 10.1. The largest absolute Gasteiger partial charge is 0.492 e. The Balaban J connectivity index is 2.01. The van der Waals surface area contributed by atoms with Crippen molar-refractivity contribution in [3.05, 3.63) is 41.5 Å². The normalized spacial score (nSPS) is 16.2. The molecule has 0 saturated carbocycles. The van der Waals surface area contributed by atoms with Crippen molar-refractivity contribution in [2.75, 3.05) is 55.1 Å². The van der Waals surface area contributed by atoms with Gasteiger partial charge in [0.2, 0.25) is 11.5 Å². The molecule has 2 N–H and O–H groups in total. The van der Waals surface area contributed by atoms with Crippen LogP contribution in [-0.4, -0.2) is 76.8 Å². The summed E-state index contributed by atoms with van der Waals surface area (Å²) in [6.45, 7) is 1.93. The second kappa shape index (κ2) is 11.9. The highest BCUT2D eigenvalue weighted by molar-refractivity contribution is 5.99. The Labute approximate surface area is 202 Å². The van der Waals surface area contributed by atoms with E-state index in [1.807, 2.05) is 29.2 Å². The maximum absolute atomic E-state index is 13.8. The lowest BCUT2D eigenvalue weighted by Crippen LogP contribution is -2.42. The molecule has 1 fully saturated rings. The number of rotatable bonds is 9. The van der Waals surface area contributed by atoms with Crippen LogP contribution >= 0.6 is 0 Å². The molecular weight excluding hydrogens is 434 g/mol. The fourth-order valence-electron chi connectivity index (χ4n) is 4.33. The molecule has 1 heterocycles. The van der Waals surface area contributed by atoms with Crippen molar-refractivity contribution in [1.82, 2.24) is 9.80 Å². The molecule has 1 saturated heterocycles. The molecular formula is C26H37N3O5. The Bertz CT molecular complexity index is 962. The van der Waals surface area contributed by atoms with Crippen molar-refractivity contribution >= 4 is 5.91 Å². The van der Waals surface area contributed by atoms with Crippen molar-refractivity contribution < 1.29 is 23.7 Å². The molecule has 0 aliphatic carbocycles. The number of hydrogen-bond donors (Lipinski definition) is 1. The summed E-state index contributed by atoms with van der Waals surface area (Å²) in [6, 6.07) is 9.69. The molecule has 0 radical (unpaired) electrons. The summed E-state index contributed by atoms with van der Waals surface area (Å²) >= 11 is 0. The number of benzene rings is 2. The minimum Gasteiger partial charge on any atom is -0.492 e. The quantitative estimate of drug-likeness (QED) is 0.598. The van der Waals surface area contributed by atoms with Gasteiger partial charge in [0, 0.05) is 25.2 Å². The molecule has 0 aromatic heterocycles. The molecule has 34 heavy (non-hydrogen) atoms. The van der Waals surface area contributed by atoms with Crippen molar-refractivity contribution in [2.45, 2.75) is 31.7 Å². The number of ether oxygens (including phenoxy) is 4. The standard InChI is InChI=1S/C26H37N3O5/c1-28(2)19-8-6-7-15-29(17-19)26(30)21-16-22(24(32-4)25(33-5)23(21)31-3)34-20-11-9-18(10-12-20)13-14-27/h9-12,16,19H,6-8,13-15,17,27H2,1-5H3/t19-/m0/s1. The van der Waals surface area contributed by atoms with E-state index < -0.39 is 0 Å². The third-order valence-electron chi connectivity index (χ3n) is 6.25. The van der Waals surface area contributed by atoms with Gasteiger partial charge in [0.25, 0.3) is 5.91 Å². The average Bonchev–Trinajstić information content (AvgIpc) is 3.10. The Hall–Kier alpha value is -2.97. The second-order valence-corrected chi connectivity index (χ2v) is 8.67. The van der Waals surface area contributed by atoms with Crippen LogP contribution in [0.25, 0.3) is 0 Å². The predicted molar refractivity (Wildman–Crippen MR) is 133 cm³/mol. The molecule has 2 aromatic carbocycles. The molecule has 0 spiro atoms. The van der Waals surface area contributed by atoms with E-state index >= 15 is 0 Å². The summed E-state index contributed by atoms with van der Waals surface area (Å²) in [5.74, 6) is 1.91. The second-order valence-electron chi connectivity index (χ2n) is 8.67. The number of carbonyl (C=O) groups is 1. The fourth-order valence-corrected chi connectivity index (χ4v) is 4.33. The van der Waals surface area contributed by atoms with Crippen LogP contribution in [0.15, 0.2) is 30.3 Å². The molecule has 1 aliphatic heterocycles. The van der Waals surface area contributed by atoms with Crippen LogP contribution < -0.4 is 24.7 Å². The van der Waals surface area contributed by atoms with Gasteiger partial charge in [-0.3, -0.25) is 4.79 Å². The third-order valence-corrected chi connectivity index (χ3v) is 6.25. The van der Waals surface area contributed by atoms with E-state index in [1.54, 1.807) is 6.07 Å². The molecule has 2 aromatic rings. The van der Waals surface area contributed by atoms with Gasteiger partial charge in [0.1, 0.15) is 5.75 Å². The average molecular weight is 472 g/mol. The molecule has 186 valence electrons. The van der Waals surface area contributed by atoms with E-state index in [-0.39, 0.29) is 5.91 Å². The topological polar surface area (TPSA) is 86.5 Å². The van der Waals surface area contributed by atoms with Gasteiger partial charge in [-0.25, -0.2) is 0 Å². The zero-order valence-corrected chi connectivity index (χ0v) is 20.9. The number of likely N-dealkylation sites (tertiary alicyclic amines) is 1. The zero-order chi connectivity index (χ0) is 24.7. The Kier molecular flexibility index (Phi) is 9.01. The highest BCUT2D eigenvalue weighted by Gasteiger charge is 2.30. The summed E-state index contributed by atoms with van der Waals surface area (Å²) < 4.78 is 23.1. The molecule has 0 bridgehead atoms. The molecule has 1 aliphatic rings. The highest BCUT2D eigenvalue weighted by Crippen LogP contribution is 2.48. The first kappa shape index (κ1) is 25.6. The SMILES string of the molecule is COc1c(Oc2ccc(CCN)cc2)cc(C(=O)N2CCCC[C@H](N(C)C)C2)c(OC)c1OC. The van der Waals surface area contributed by atoms with E-state index in [1.165, 1.54) is 21.3 Å². The number of amides is 1. The Morgan fingerprint density at radius 2 is 1.71 bits per heavy atom. The lowest BCUT2D eigenvalue weighted by molar-refractivity contribution is 0.0721. The van der Waals surface area contributed by atoms with Crippen LogP contribution in [0.5, 0.6) is 28.7 Å². The number of hydrogen-bond acceptors (Lipinski definition) is 7. The van der Waals surface area contributed by atoms with E-state index in [0.717, 1.165) is 31.2 Å². The molecule has 8 nitrogen and oxygen atoms in total. The molecule has 3 rings (SSSR count). The third kappa shape index (κ3) is 5.74. The summed E-state index contributed by atoms with van der Waals surface area (Å²) in [5.41, 5.74) is 7.16. The lowest BCUT2D eigenvalue weighted by Gasteiger charge is -2.29. The Morgan fingerprint density at radius 1 is 1.03 bits per heavy atom. The van der Waals surface area contributed by atoms with Gasteiger partial charge in [0.15, 0.2) is 11.5 Å². The first-order valence-corrected chi connectivity index (χ1v) is 11.7. The maximum Gasteiger partial charge on any atom is 0.257 e. The van der Waals surface area contributed by atoms with E-state index in [9.17, 15) is 4.79 Å². The van der Waals surface area contributed by atoms with Crippen molar-refractivity contribution in [3.63, 3.8) is 0 Å². The first-order valence-electron chi connectivity index (χ1n) is 11.7. The highest BCUT2D eigenvalue weighted by atomic mass is 16.5. The van der Waals surface area contributed by atoms with Crippen LogP contribution in [0.3, 0.4) is 0 Å². The van der Waals surface area contributed by atoms with Crippen molar-refractivity contribution in [3.8, 4) is 28.7 Å². The monoisotopic (exact) mass is 471 g/mol. The van der Waals surface area contributed by atoms with Crippen molar-refractivity contribution in [2.24, 2.45) is 5.73 Å². The van der Waals surface area contributed by atoms with Crippen LogP contribution in [-0.2, 0) is 6.42 Å². The smallest absolute Gasteiger partial charge is 0.257 e. The minimum absolute atomic E-state index is 0.116. The fraction of sp³-hybridized carbons (Fsp3) is 0.500. The number of methoxy groups -OCH3 is 3. The van der Waals surface area contributed by atoms with Gasteiger partial charge < -0.3 is 34.5 Å². The van der Waals surface area contributed by atoms with Crippen LogP contribution in [0.4, 0.5) is 0 Å². The number of nitrogens with zero attached hydrogens (tertiary/aromatic N) is 2. The zero-order valence-electron chi connectivity index (χ0n) is 20.9. The molecule has 1 atom stereocenters. The summed E-state index contributed by atoms with van der Waals surface area (Å²) in [6.07, 6.45) is 3.91. The number of nitrogens with two attached hydrogens (primary N) is 1. The summed E-state index contributed by atoms with van der Waals surface area (Å²) in [5, 5.41) is 0. The van der Waals surface area contributed by atoms with Crippen LogP contribution in [0.1, 0.15) is 35.2 Å².